The molecule has 1 aliphatic heterocycles. The van der Waals surface area contributed by atoms with E-state index in [0.717, 1.165) is 55.6 Å². The summed E-state index contributed by atoms with van der Waals surface area (Å²) < 4.78 is 51.6. The molecule has 1 spiro atoms. The molecule has 3 aromatic heterocycles. The van der Waals surface area contributed by atoms with Gasteiger partial charge in [0.05, 0.1) is 24.6 Å². The molecule has 1 saturated carbocycles. The van der Waals surface area contributed by atoms with Crippen molar-refractivity contribution in [1.82, 2.24) is 29.7 Å². The van der Waals surface area contributed by atoms with Gasteiger partial charge in [-0.05, 0) is 31.9 Å². The number of amides is 1. The van der Waals surface area contributed by atoms with Crippen LogP contribution < -0.4 is 15.5 Å². The lowest BCUT2D eigenvalue weighted by atomic mass is 10.2. The second kappa shape index (κ2) is 8.61. The van der Waals surface area contributed by atoms with E-state index in [-0.39, 0.29) is 11.1 Å². The van der Waals surface area contributed by atoms with Crippen molar-refractivity contribution in [1.29, 1.82) is 0 Å². The molecule has 5 rings (SSSR count). The second-order valence-corrected chi connectivity index (χ2v) is 8.04. The third-order valence-electron chi connectivity index (χ3n) is 5.81. The lowest BCUT2D eigenvalue weighted by molar-refractivity contribution is -0.140. The molecule has 2 aliphatic rings. The Labute approximate surface area is 186 Å². The minimum atomic E-state index is -4.68. The number of aromatic nitrogens is 5. The van der Waals surface area contributed by atoms with Gasteiger partial charge >= 0.3 is 6.18 Å². The Morgan fingerprint density at radius 2 is 2.03 bits per heavy atom. The highest BCUT2D eigenvalue weighted by Crippen LogP contribution is 2.44. The van der Waals surface area contributed by atoms with Gasteiger partial charge in [-0.1, -0.05) is 0 Å². The monoisotopic (exact) mass is 468 g/mol. The average Bonchev–Trinajstić information content (AvgIpc) is 3.36. The van der Waals surface area contributed by atoms with Crippen LogP contribution in [-0.4, -0.2) is 62.6 Å². The predicted octanol–water partition coefficient (Wildman–Crippen LogP) is 2.65. The highest BCUT2D eigenvalue weighted by Gasteiger charge is 2.49. The maximum absolute atomic E-state index is 13.2. The zero-order chi connectivity index (χ0) is 23.8. The first kappa shape index (κ1) is 23.0. The number of aryl methyl sites for hydroxylation is 1. The lowest BCUT2D eigenvalue weighted by Crippen LogP contribution is -2.42. The fraction of sp³-hybridized carbons (Fsp3) is 0.500. The van der Waals surface area contributed by atoms with E-state index in [9.17, 15) is 22.4 Å². The number of anilines is 2. The van der Waals surface area contributed by atoms with Crippen molar-refractivity contribution in [2.24, 2.45) is 7.05 Å². The summed E-state index contributed by atoms with van der Waals surface area (Å²) in [5.41, 5.74) is -1.13. The molecule has 0 aromatic carbocycles. The van der Waals surface area contributed by atoms with Gasteiger partial charge in [0.1, 0.15) is 11.4 Å². The number of carbonyl (C=O) groups is 1. The van der Waals surface area contributed by atoms with Crippen LogP contribution in [0.2, 0.25) is 0 Å². The van der Waals surface area contributed by atoms with Crippen LogP contribution in [0.1, 0.15) is 35.3 Å². The summed E-state index contributed by atoms with van der Waals surface area (Å²) in [5, 5.41) is 13.3. The molecule has 2 N–H and O–H groups in total. The van der Waals surface area contributed by atoms with Crippen LogP contribution in [0.5, 0.6) is 0 Å². The van der Waals surface area contributed by atoms with Crippen LogP contribution in [0, 0.1) is 0 Å². The Morgan fingerprint density at radius 3 is 2.73 bits per heavy atom. The number of alkyl halides is 4. The summed E-state index contributed by atoms with van der Waals surface area (Å²) in [5.74, 6) is 0.0115. The van der Waals surface area contributed by atoms with E-state index in [4.69, 9.17) is 0 Å². The maximum Gasteiger partial charge on any atom is 0.437 e. The Morgan fingerprint density at radius 1 is 1.27 bits per heavy atom. The van der Waals surface area contributed by atoms with E-state index in [1.54, 1.807) is 6.20 Å². The van der Waals surface area contributed by atoms with Crippen LogP contribution >= 0.6 is 0 Å². The third kappa shape index (κ3) is 4.36. The molecule has 9 nitrogen and oxygen atoms in total. The summed E-state index contributed by atoms with van der Waals surface area (Å²) in [6.07, 6.45) is 2.57. The van der Waals surface area contributed by atoms with Gasteiger partial charge in [0.25, 0.3) is 5.91 Å². The first-order valence-electron chi connectivity index (χ1n) is 10.4. The molecule has 0 radical (unpaired) electrons. The van der Waals surface area contributed by atoms with E-state index in [0.29, 0.717) is 12.8 Å². The average molecular weight is 468 g/mol. The van der Waals surface area contributed by atoms with Gasteiger partial charge in [-0.25, -0.2) is 9.50 Å². The van der Waals surface area contributed by atoms with Crippen LogP contribution in [0.25, 0.3) is 5.65 Å². The Balaban J connectivity index is 0.00000126. The normalized spacial score (nSPS) is 17.5. The molecule has 13 heteroatoms. The number of hydrogen-bond donors (Lipinski definition) is 2. The van der Waals surface area contributed by atoms with Crippen molar-refractivity contribution in [2.75, 3.05) is 37.0 Å². The van der Waals surface area contributed by atoms with Gasteiger partial charge < -0.3 is 15.5 Å². The van der Waals surface area contributed by atoms with Crippen LogP contribution in [0.3, 0.4) is 0 Å². The minimum Gasteiger partial charge on any atom is -0.349 e. The van der Waals surface area contributed by atoms with Crippen LogP contribution in [0.4, 0.5) is 29.1 Å². The molecule has 1 amide bonds. The second-order valence-electron chi connectivity index (χ2n) is 8.04. The molecule has 2 fully saturated rings. The van der Waals surface area contributed by atoms with E-state index in [2.05, 4.69) is 30.7 Å². The van der Waals surface area contributed by atoms with Crippen molar-refractivity contribution in [3.8, 4) is 0 Å². The largest absolute Gasteiger partial charge is 0.437 e. The fourth-order valence-electron chi connectivity index (χ4n) is 4.11. The number of hydrogen-bond acceptors (Lipinski definition) is 6. The zero-order valence-corrected chi connectivity index (χ0v) is 18.2. The topological polar surface area (TPSA) is 92.4 Å². The summed E-state index contributed by atoms with van der Waals surface area (Å²) >= 11 is 0. The minimum absolute atomic E-state index is 0.0433. The van der Waals surface area contributed by atoms with E-state index >= 15 is 0 Å². The quantitative estimate of drug-likeness (QED) is 0.575. The predicted molar refractivity (Wildman–Crippen MR) is 113 cm³/mol. The van der Waals surface area contributed by atoms with Gasteiger partial charge in [0, 0.05) is 32.5 Å². The Kier molecular flexibility index (Phi) is 5.99. The molecule has 0 bridgehead atoms. The van der Waals surface area contributed by atoms with Crippen molar-refractivity contribution in [3.63, 3.8) is 0 Å². The van der Waals surface area contributed by atoms with E-state index in [1.165, 1.54) is 17.8 Å². The van der Waals surface area contributed by atoms with Gasteiger partial charge in [0.15, 0.2) is 11.3 Å². The first-order valence-corrected chi connectivity index (χ1v) is 10.4. The van der Waals surface area contributed by atoms with Crippen molar-refractivity contribution >= 4 is 23.1 Å². The SMILES string of the molecule is CF.Cn1cc(NC(=O)c2cnn3ccc(N4CCCNCC45CC5)nc23)c(C(F)(F)F)n1. The molecule has 33 heavy (non-hydrogen) atoms. The molecule has 1 aliphatic carbocycles. The Bertz CT molecular complexity index is 1150. The molecule has 3 aromatic rings. The molecule has 1 saturated heterocycles. The number of rotatable bonds is 3. The number of nitrogens with one attached hydrogen (secondary N) is 2. The third-order valence-corrected chi connectivity index (χ3v) is 5.81. The van der Waals surface area contributed by atoms with Crippen molar-refractivity contribution in [2.45, 2.75) is 31.0 Å². The molecule has 178 valence electrons. The fourth-order valence-corrected chi connectivity index (χ4v) is 4.11. The van der Waals surface area contributed by atoms with Crippen molar-refractivity contribution < 1.29 is 22.4 Å². The van der Waals surface area contributed by atoms with Gasteiger partial charge in [-0.3, -0.25) is 13.9 Å². The highest BCUT2D eigenvalue weighted by atomic mass is 19.4. The molecule has 4 heterocycles. The first-order chi connectivity index (χ1) is 15.8. The number of carbonyl (C=O) groups excluding carboxylic acids is 1. The molecular weight excluding hydrogens is 444 g/mol. The van der Waals surface area contributed by atoms with E-state index in [1.807, 2.05) is 6.07 Å². The Hall–Kier alpha value is -3.22. The number of halogens is 4. The maximum atomic E-state index is 13.2. The molecule has 0 unspecified atom stereocenters. The molecular formula is C20H24F4N8O. The standard InChI is InChI=1S/C19H21F3N8O.CH3F/c1-28-10-13(15(27-28)19(20,21)22)25-17(31)12-9-24-30-8-3-14(26-16(12)30)29-7-2-6-23-11-18(29)4-5-18;1-2/h3,8-10,23H,2,4-7,11H2,1H3,(H,25,31);1H3. The van der Waals surface area contributed by atoms with Gasteiger partial charge in [-0.2, -0.15) is 23.4 Å². The number of fused-ring (bicyclic) bond motifs is 1. The molecule has 0 atom stereocenters. The summed E-state index contributed by atoms with van der Waals surface area (Å²) in [6, 6.07) is 1.86. The van der Waals surface area contributed by atoms with Gasteiger partial charge in [-0.15, -0.1) is 0 Å². The summed E-state index contributed by atoms with van der Waals surface area (Å²) in [4.78, 5) is 19.8. The summed E-state index contributed by atoms with van der Waals surface area (Å²) in [7, 11) is 1.86. The highest BCUT2D eigenvalue weighted by molar-refractivity contribution is 6.08. The summed E-state index contributed by atoms with van der Waals surface area (Å²) in [6.45, 7) is 2.66. The zero-order valence-electron chi connectivity index (χ0n) is 18.2. The lowest BCUT2D eigenvalue weighted by Gasteiger charge is -2.31. The van der Waals surface area contributed by atoms with Crippen molar-refractivity contribution in [3.05, 3.63) is 35.9 Å². The van der Waals surface area contributed by atoms with E-state index < -0.39 is 23.5 Å². The van der Waals surface area contributed by atoms with Crippen LogP contribution in [0.15, 0.2) is 24.7 Å². The number of nitrogens with zero attached hydrogens (tertiary/aromatic N) is 6. The van der Waals surface area contributed by atoms with Gasteiger partial charge in [0.2, 0.25) is 0 Å². The smallest absolute Gasteiger partial charge is 0.349 e. The van der Waals surface area contributed by atoms with Crippen LogP contribution in [-0.2, 0) is 13.2 Å².